The average Bonchev–Trinajstić information content (AvgIpc) is 3.26. The van der Waals surface area contributed by atoms with E-state index in [-0.39, 0.29) is 19.4 Å². The molecule has 0 amide bonds. The fourth-order valence-electron chi connectivity index (χ4n) is 7.19. The minimum absolute atomic E-state index is 0.121. The second-order valence-corrected chi connectivity index (χ2v) is 18.6. The predicted molar refractivity (Wildman–Crippen MR) is 256 cm³/mol. The van der Waals surface area contributed by atoms with E-state index in [2.05, 4.69) is 68.5 Å². The molecule has 64 heavy (non-hydrogen) atoms. The van der Waals surface area contributed by atoms with Crippen LogP contribution in [0.5, 0.6) is 0 Å². The first-order valence-corrected chi connectivity index (χ1v) is 26.5. The molecule has 0 spiro atoms. The molecule has 4 N–H and O–H groups in total. The number of rotatable bonds is 41. The quantitative estimate of drug-likeness (QED) is 0.0197. The van der Waals surface area contributed by atoms with Gasteiger partial charge in [0.25, 0.3) is 10.1 Å². The molecule has 1 aliphatic rings. The van der Waals surface area contributed by atoms with Crippen LogP contribution < -0.4 is 0 Å². The van der Waals surface area contributed by atoms with Gasteiger partial charge in [0.1, 0.15) is 36.8 Å². The molecule has 0 radical (unpaired) electrons. The zero-order valence-corrected chi connectivity index (χ0v) is 40.4. The Morgan fingerprint density at radius 2 is 0.953 bits per heavy atom. The van der Waals surface area contributed by atoms with Crippen LogP contribution in [0.1, 0.15) is 194 Å². The summed E-state index contributed by atoms with van der Waals surface area (Å²) in [5.74, 6) is -2.09. The molecular weight excluding hydrogens is 837 g/mol. The highest BCUT2D eigenvalue weighted by Gasteiger charge is 2.46. The number of hydrogen-bond acceptors (Lipinski definition) is 11. The van der Waals surface area contributed by atoms with E-state index in [4.69, 9.17) is 18.9 Å². The van der Waals surface area contributed by atoms with Gasteiger partial charge in [-0.2, -0.15) is 8.42 Å². The minimum atomic E-state index is -4.61. The van der Waals surface area contributed by atoms with Crippen LogP contribution in [0.15, 0.2) is 60.8 Å². The Balaban J connectivity index is 2.45. The lowest BCUT2D eigenvalue weighted by molar-refractivity contribution is -0.297. The minimum Gasteiger partial charge on any atom is -0.462 e. The number of allylic oxidation sites excluding steroid dienone is 10. The van der Waals surface area contributed by atoms with Crippen molar-refractivity contribution in [1.29, 1.82) is 0 Å². The van der Waals surface area contributed by atoms with Gasteiger partial charge in [-0.1, -0.05) is 164 Å². The fraction of sp³-hybridized carbons (Fsp3) is 0.765. The van der Waals surface area contributed by atoms with Gasteiger partial charge in [-0.25, -0.2) is 0 Å². The van der Waals surface area contributed by atoms with Gasteiger partial charge in [0, 0.05) is 12.8 Å². The van der Waals surface area contributed by atoms with Crippen LogP contribution in [0.25, 0.3) is 0 Å². The molecule has 0 aromatic heterocycles. The second kappa shape index (κ2) is 40.6. The average molecular weight is 925 g/mol. The van der Waals surface area contributed by atoms with Crippen molar-refractivity contribution in [2.45, 2.75) is 230 Å². The van der Waals surface area contributed by atoms with Gasteiger partial charge in [0.15, 0.2) is 12.4 Å². The summed E-state index contributed by atoms with van der Waals surface area (Å²) >= 11 is 0. The van der Waals surface area contributed by atoms with Gasteiger partial charge in [-0.3, -0.25) is 14.1 Å². The fourth-order valence-corrected chi connectivity index (χ4v) is 7.88. The highest BCUT2D eigenvalue weighted by atomic mass is 32.2. The normalized spacial score (nSPS) is 20.1. The van der Waals surface area contributed by atoms with Crippen molar-refractivity contribution in [3.05, 3.63) is 60.8 Å². The molecule has 6 atom stereocenters. The molecule has 0 aromatic carbocycles. The van der Waals surface area contributed by atoms with E-state index in [9.17, 15) is 37.9 Å². The summed E-state index contributed by atoms with van der Waals surface area (Å²) in [5, 5.41) is 30.9. The van der Waals surface area contributed by atoms with E-state index >= 15 is 0 Å². The zero-order valence-electron chi connectivity index (χ0n) is 39.6. The van der Waals surface area contributed by atoms with Crippen LogP contribution in [0, 0.1) is 0 Å². The number of carbonyl (C=O) groups is 2. The Morgan fingerprint density at radius 1 is 0.531 bits per heavy atom. The Morgan fingerprint density at radius 3 is 1.45 bits per heavy atom. The number of aliphatic hydroxyl groups is 3. The molecular formula is C51H88O12S. The first-order valence-electron chi connectivity index (χ1n) is 24.8. The standard InChI is InChI=1S/C51H88O12S/c1-3-5-7-9-11-13-15-17-19-20-21-22-23-24-26-27-29-31-33-35-37-39-46(52)60-41-44(42-61-51-50(56)49(55)48(54)45(63-51)43-64(57,58)59)62-47(53)40-38-36-34-32-30-28-25-18-16-14-12-10-8-6-4-2/h19-20,22-23,26-27,30-33,44-45,48-51,54-56H,3-18,21,24-25,28-29,34-43H2,1-2H3,(H,57,58,59)/b20-19+,23-22+,27-26+,32-30+,33-31+/t44-,45-,48-,49?,50?,51+/m1/s1. The topological polar surface area (TPSA) is 186 Å². The molecule has 0 aliphatic carbocycles. The van der Waals surface area contributed by atoms with Crippen LogP contribution in [0.4, 0.5) is 0 Å². The van der Waals surface area contributed by atoms with Crippen LogP contribution in [-0.4, -0.2) is 96.0 Å². The summed E-state index contributed by atoms with van der Waals surface area (Å²) in [5.41, 5.74) is 0. The molecule has 370 valence electrons. The third kappa shape index (κ3) is 34.7. The molecule has 0 saturated carbocycles. The van der Waals surface area contributed by atoms with E-state index in [0.717, 1.165) is 44.9 Å². The number of aliphatic hydroxyl groups excluding tert-OH is 3. The highest BCUT2D eigenvalue weighted by Crippen LogP contribution is 2.24. The largest absolute Gasteiger partial charge is 0.462 e. The first kappa shape index (κ1) is 59.4. The smallest absolute Gasteiger partial charge is 0.306 e. The van der Waals surface area contributed by atoms with Gasteiger partial charge in [0.05, 0.1) is 6.61 Å². The maximum Gasteiger partial charge on any atom is 0.306 e. The third-order valence-electron chi connectivity index (χ3n) is 11.1. The predicted octanol–water partition coefficient (Wildman–Crippen LogP) is 10.9. The zero-order chi connectivity index (χ0) is 46.9. The summed E-state index contributed by atoms with van der Waals surface area (Å²) in [6.45, 7) is 3.70. The summed E-state index contributed by atoms with van der Waals surface area (Å²) in [6.07, 6.45) is 41.3. The third-order valence-corrected chi connectivity index (χ3v) is 11.8. The Hall–Kier alpha value is -2.65. The van der Waals surface area contributed by atoms with E-state index < -0.39 is 71.2 Å². The molecule has 1 heterocycles. The molecule has 1 aliphatic heterocycles. The SMILES string of the molecule is CCCCCCCCC/C=C/C/C=C/C/C=C/C/C=C/CCCC(=O)OC[C@H](CO[C@H]1O[C@H](CS(=O)(=O)O)[C@@H](O)C(O)C1O)OC(=O)CCCC/C=C/CCCCCCCCCCC. The second-order valence-electron chi connectivity index (χ2n) is 17.1. The Kier molecular flexibility index (Phi) is 37.7. The van der Waals surface area contributed by atoms with E-state index in [1.54, 1.807) is 0 Å². The van der Waals surface area contributed by atoms with Gasteiger partial charge < -0.3 is 34.3 Å². The molecule has 1 fully saturated rings. The number of carbonyl (C=O) groups excluding carboxylic acids is 2. The molecule has 0 aromatic rings. The van der Waals surface area contributed by atoms with Crippen molar-refractivity contribution in [1.82, 2.24) is 0 Å². The lowest BCUT2D eigenvalue weighted by Crippen LogP contribution is -2.60. The maximum absolute atomic E-state index is 12.8. The lowest BCUT2D eigenvalue weighted by Gasteiger charge is -2.40. The van der Waals surface area contributed by atoms with Crippen molar-refractivity contribution < 1.29 is 56.8 Å². The van der Waals surface area contributed by atoms with Gasteiger partial charge >= 0.3 is 11.9 Å². The van der Waals surface area contributed by atoms with Crippen molar-refractivity contribution in [2.75, 3.05) is 19.0 Å². The molecule has 1 saturated heterocycles. The number of hydrogen-bond donors (Lipinski definition) is 4. The highest BCUT2D eigenvalue weighted by molar-refractivity contribution is 7.85. The summed E-state index contributed by atoms with van der Waals surface area (Å²) in [6, 6.07) is 0. The van der Waals surface area contributed by atoms with Crippen molar-refractivity contribution >= 4 is 22.1 Å². The maximum atomic E-state index is 12.8. The first-order chi connectivity index (χ1) is 31.0. The van der Waals surface area contributed by atoms with Crippen LogP contribution >= 0.6 is 0 Å². The van der Waals surface area contributed by atoms with Gasteiger partial charge in [-0.15, -0.1) is 0 Å². The number of esters is 2. The van der Waals surface area contributed by atoms with Crippen molar-refractivity contribution in [2.24, 2.45) is 0 Å². The molecule has 1 rings (SSSR count). The summed E-state index contributed by atoms with van der Waals surface area (Å²) in [7, 11) is -4.61. The number of unbranched alkanes of at least 4 members (excludes halogenated alkanes) is 19. The van der Waals surface area contributed by atoms with Crippen LogP contribution in [-0.2, 0) is 38.7 Å². The van der Waals surface area contributed by atoms with E-state index in [0.29, 0.717) is 19.3 Å². The number of ether oxygens (including phenoxy) is 4. The molecule has 13 heteroatoms. The van der Waals surface area contributed by atoms with Gasteiger partial charge in [-0.05, 0) is 77.0 Å². The van der Waals surface area contributed by atoms with Crippen molar-refractivity contribution in [3.8, 4) is 0 Å². The van der Waals surface area contributed by atoms with E-state index in [1.165, 1.54) is 103 Å². The summed E-state index contributed by atoms with van der Waals surface area (Å²) in [4.78, 5) is 25.4. The summed E-state index contributed by atoms with van der Waals surface area (Å²) < 4.78 is 54.1. The Bertz CT molecular complexity index is 1410. The molecule has 12 nitrogen and oxygen atoms in total. The van der Waals surface area contributed by atoms with Crippen LogP contribution in [0.2, 0.25) is 0 Å². The monoisotopic (exact) mass is 925 g/mol. The van der Waals surface area contributed by atoms with E-state index in [1.807, 2.05) is 6.08 Å². The van der Waals surface area contributed by atoms with Gasteiger partial charge in [0.2, 0.25) is 0 Å². The van der Waals surface area contributed by atoms with Crippen LogP contribution in [0.3, 0.4) is 0 Å². The molecule has 2 unspecified atom stereocenters. The molecule has 0 bridgehead atoms. The Labute approximate surface area is 387 Å². The lowest BCUT2D eigenvalue weighted by atomic mass is 10.00. The van der Waals surface area contributed by atoms with Crippen molar-refractivity contribution in [3.63, 3.8) is 0 Å².